The summed E-state index contributed by atoms with van der Waals surface area (Å²) >= 11 is 0. The molecule has 0 unspecified atom stereocenters. The van der Waals surface area contributed by atoms with Crippen LogP contribution in [0.1, 0.15) is 38.3 Å². The monoisotopic (exact) mass is 254 g/mol. The zero-order valence-corrected chi connectivity index (χ0v) is 10.8. The van der Waals surface area contributed by atoms with Gasteiger partial charge in [0.25, 0.3) is 0 Å². The number of hydrogen-bond donors (Lipinski definition) is 2. The molecular formula is C11H18N4O3. The highest BCUT2D eigenvalue weighted by Crippen LogP contribution is 2.42. The van der Waals surface area contributed by atoms with Crippen molar-refractivity contribution in [3.8, 4) is 0 Å². The Labute approximate surface area is 105 Å². The van der Waals surface area contributed by atoms with Crippen molar-refractivity contribution < 1.29 is 10.0 Å². The Morgan fingerprint density at radius 2 is 2.22 bits per heavy atom. The van der Waals surface area contributed by atoms with E-state index in [1.165, 1.54) is 4.68 Å². The van der Waals surface area contributed by atoms with Crippen LogP contribution >= 0.6 is 0 Å². The molecule has 1 fully saturated rings. The number of aliphatic hydroxyl groups is 1. The normalized spacial score (nSPS) is 16.9. The number of rotatable bonds is 5. The minimum Gasteiger partial charge on any atom is -0.394 e. The molecule has 0 amide bonds. The van der Waals surface area contributed by atoms with Gasteiger partial charge in [-0.2, -0.15) is 5.10 Å². The van der Waals surface area contributed by atoms with E-state index in [4.69, 9.17) is 0 Å². The van der Waals surface area contributed by atoms with Crippen molar-refractivity contribution in [1.82, 2.24) is 9.78 Å². The van der Waals surface area contributed by atoms with Crippen molar-refractivity contribution in [3.63, 3.8) is 0 Å². The van der Waals surface area contributed by atoms with Crippen molar-refractivity contribution >= 4 is 11.5 Å². The number of nitrogens with one attached hydrogen (secondary N) is 1. The second-order valence-electron chi connectivity index (χ2n) is 5.18. The highest BCUT2D eigenvalue weighted by Gasteiger charge is 2.45. The van der Waals surface area contributed by atoms with E-state index in [-0.39, 0.29) is 18.2 Å². The predicted octanol–water partition coefficient (Wildman–Crippen LogP) is 1.39. The first-order chi connectivity index (χ1) is 8.40. The molecule has 7 heteroatoms. The number of nitrogens with zero attached hydrogens (tertiary/aromatic N) is 3. The predicted molar refractivity (Wildman–Crippen MR) is 66.6 cm³/mol. The molecule has 1 saturated carbocycles. The third kappa shape index (κ3) is 2.05. The maximum absolute atomic E-state index is 11.2. The lowest BCUT2D eigenvalue weighted by atomic mass is 10.1. The van der Waals surface area contributed by atoms with Crippen LogP contribution in [0.5, 0.6) is 0 Å². The summed E-state index contributed by atoms with van der Waals surface area (Å²) in [6, 6.07) is 0. The molecule has 1 aliphatic rings. The van der Waals surface area contributed by atoms with Gasteiger partial charge in [-0.15, -0.1) is 0 Å². The van der Waals surface area contributed by atoms with Crippen molar-refractivity contribution in [3.05, 3.63) is 15.8 Å². The number of aryl methyl sites for hydroxylation is 1. The molecule has 1 heterocycles. The third-order valence-corrected chi connectivity index (χ3v) is 3.32. The lowest BCUT2D eigenvalue weighted by Gasteiger charge is -2.14. The third-order valence-electron chi connectivity index (χ3n) is 3.32. The van der Waals surface area contributed by atoms with Gasteiger partial charge in [-0.3, -0.25) is 10.1 Å². The first-order valence-electron chi connectivity index (χ1n) is 6.00. The topological polar surface area (TPSA) is 93.2 Å². The Kier molecular flexibility index (Phi) is 3.02. The molecule has 2 rings (SSSR count). The Hall–Kier alpha value is -1.63. The van der Waals surface area contributed by atoms with E-state index >= 15 is 0 Å². The lowest BCUT2D eigenvalue weighted by molar-refractivity contribution is -0.384. The van der Waals surface area contributed by atoms with Gasteiger partial charge in [-0.25, -0.2) is 4.68 Å². The van der Waals surface area contributed by atoms with Gasteiger partial charge in [-0.05, 0) is 12.8 Å². The molecule has 0 atom stereocenters. The van der Waals surface area contributed by atoms with Crippen molar-refractivity contribution in [2.75, 3.05) is 11.9 Å². The van der Waals surface area contributed by atoms with Crippen LogP contribution in [0.15, 0.2) is 0 Å². The molecule has 1 aliphatic carbocycles. The fraction of sp³-hybridized carbons (Fsp3) is 0.727. The summed E-state index contributed by atoms with van der Waals surface area (Å²) < 4.78 is 1.49. The van der Waals surface area contributed by atoms with E-state index in [2.05, 4.69) is 10.4 Å². The fourth-order valence-electron chi connectivity index (χ4n) is 1.97. The molecule has 100 valence electrons. The summed E-state index contributed by atoms with van der Waals surface area (Å²) in [5.74, 6) is 0.367. The van der Waals surface area contributed by atoms with E-state index < -0.39 is 10.5 Å². The summed E-state index contributed by atoms with van der Waals surface area (Å²) in [4.78, 5) is 10.8. The Morgan fingerprint density at radius 1 is 1.61 bits per heavy atom. The SMILES string of the molecule is CC(C)c1nn(C)c(NC2(CO)CC2)c1[N+](=O)[O-]. The first kappa shape index (κ1) is 12.8. The van der Waals surface area contributed by atoms with E-state index in [0.29, 0.717) is 11.5 Å². The van der Waals surface area contributed by atoms with Crippen LogP contribution in [0.2, 0.25) is 0 Å². The fourth-order valence-corrected chi connectivity index (χ4v) is 1.97. The van der Waals surface area contributed by atoms with Gasteiger partial charge in [0.05, 0.1) is 17.1 Å². The molecular weight excluding hydrogens is 236 g/mol. The van der Waals surface area contributed by atoms with Crippen LogP contribution in [-0.4, -0.2) is 32.0 Å². The van der Waals surface area contributed by atoms with Crippen LogP contribution in [0.4, 0.5) is 11.5 Å². The molecule has 0 spiro atoms. The standard InChI is InChI=1S/C11H18N4O3/c1-7(2)8-9(15(17)18)10(14(3)13-8)12-11(6-16)4-5-11/h7,12,16H,4-6H2,1-3H3. The molecule has 1 aromatic heterocycles. The molecule has 0 radical (unpaired) electrons. The molecule has 0 aromatic carbocycles. The van der Waals surface area contributed by atoms with Gasteiger partial charge in [0.15, 0.2) is 0 Å². The van der Waals surface area contributed by atoms with E-state index in [1.54, 1.807) is 7.05 Å². The number of aliphatic hydroxyl groups excluding tert-OH is 1. The van der Waals surface area contributed by atoms with E-state index in [1.807, 2.05) is 13.8 Å². The molecule has 0 saturated heterocycles. The largest absolute Gasteiger partial charge is 0.394 e. The Balaban J connectivity index is 2.42. The van der Waals surface area contributed by atoms with Gasteiger partial charge in [0, 0.05) is 13.0 Å². The molecule has 7 nitrogen and oxygen atoms in total. The first-order valence-corrected chi connectivity index (χ1v) is 6.00. The highest BCUT2D eigenvalue weighted by molar-refractivity contribution is 5.62. The maximum atomic E-state index is 11.2. The molecule has 2 N–H and O–H groups in total. The summed E-state index contributed by atoms with van der Waals surface area (Å²) in [6.07, 6.45) is 1.64. The summed E-state index contributed by atoms with van der Waals surface area (Å²) in [5, 5.41) is 27.8. The van der Waals surface area contributed by atoms with Gasteiger partial charge in [-0.1, -0.05) is 13.8 Å². The number of nitro groups is 1. The smallest absolute Gasteiger partial charge is 0.334 e. The average molecular weight is 254 g/mol. The second kappa shape index (κ2) is 4.24. The van der Waals surface area contributed by atoms with Gasteiger partial charge in [0.2, 0.25) is 5.82 Å². The highest BCUT2D eigenvalue weighted by atomic mass is 16.6. The van der Waals surface area contributed by atoms with Crippen molar-refractivity contribution in [2.45, 2.75) is 38.1 Å². The minimum absolute atomic E-state index is 0.0172. The van der Waals surface area contributed by atoms with Gasteiger partial charge < -0.3 is 10.4 Å². The molecule has 0 aliphatic heterocycles. The lowest BCUT2D eigenvalue weighted by Crippen LogP contribution is -2.27. The molecule has 18 heavy (non-hydrogen) atoms. The van der Waals surface area contributed by atoms with Gasteiger partial charge in [0.1, 0.15) is 5.69 Å². The summed E-state index contributed by atoms with van der Waals surface area (Å²) in [7, 11) is 1.68. The molecule has 0 bridgehead atoms. The van der Waals surface area contributed by atoms with E-state index in [0.717, 1.165) is 12.8 Å². The van der Waals surface area contributed by atoms with Crippen LogP contribution in [-0.2, 0) is 7.05 Å². The van der Waals surface area contributed by atoms with E-state index in [9.17, 15) is 15.2 Å². The summed E-state index contributed by atoms with van der Waals surface area (Å²) in [5.41, 5.74) is 0.0956. The Bertz CT molecular complexity index is 477. The van der Waals surface area contributed by atoms with Crippen LogP contribution in [0, 0.1) is 10.1 Å². The van der Waals surface area contributed by atoms with Crippen molar-refractivity contribution in [1.29, 1.82) is 0 Å². The number of hydrogen-bond acceptors (Lipinski definition) is 5. The molecule has 1 aromatic rings. The van der Waals surface area contributed by atoms with Crippen LogP contribution < -0.4 is 5.32 Å². The Morgan fingerprint density at radius 3 is 2.61 bits per heavy atom. The number of aromatic nitrogens is 2. The van der Waals surface area contributed by atoms with Crippen LogP contribution in [0.25, 0.3) is 0 Å². The zero-order chi connectivity index (χ0) is 13.5. The maximum Gasteiger partial charge on any atom is 0.334 e. The quantitative estimate of drug-likeness (QED) is 0.611. The van der Waals surface area contributed by atoms with Crippen molar-refractivity contribution in [2.24, 2.45) is 7.05 Å². The summed E-state index contributed by atoms with van der Waals surface area (Å²) in [6.45, 7) is 3.72. The second-order valence-corrected chi connectivity index (χ2v) is 5.18. The average Bonchev–Trinajstić information content (AvgIpc) is 2.98. The van der Waals surface area contributed by atoms with Gasteiger partial charge >= 0.3 is 5.69 Å². The van der Waals surface area contributed by atoms with Crippen LogP contribution in [0.3, 0.4) is 0 Å². The zero-order valence-electron chi connectivity index (χ0n) is 10.8. The number of anilines is 1. The minimum atomic E-state index is -0.405.